The highest BCUT2D eigenvalue weighted by atomic mass is 35.5. The normalized spacial score (nSPS) is 14.4. The van der Waals surface area contributed by atoms with Gasteiger partial charge in [-0.3, -0.25) is 23.7 Å². The molecule has 3 aromatic carbocycles. The highest BCUT2D eigenvalue weighted by molar-refractivity contribution is 7.93. The summed E-state index contributed by atoms with van der Waals surface area (Å²) >= 11 is 6.22. The Morgan fingerprint density at radius 1 is 1.02 bits per heavy atom. The number of rotatable bonds is 9. The molecule has 4 aromatic rings. The largest absolute Gasteiger partial charge is 0.356 e. The van der Waals surface area contributed by atoms with Crippen molar-refractivity contribution in [2.24, 2.45) is 0 Å². The van der Waals surface area contributed by atoms with Gasteiger partial charge in [-0.15, -0.1) is 0 Å². The number of nitrogens with zero attached hydrogens (tertiary/aromatic N) is 3. The molecule has 0 saturated heterocycles. The number of carbonyl (C=O) groups excluding carboxylic acids is 3. The zero-order valence-electron chi connectivity index (χ0n) is 23.9. The van der Waals surface area contributed by atoms with E-state index in [0.29, 0.717) is 33.9 Å². The standard InChI is InChI=1S/C31H29ClN6O5S/c1-19-16-28(20(2)15-23(19)32)44(42,43)38-26-6-4-3-5-24(26)37-31(41)27(38)17-29(39)35-12-11-21-7-9-22(10-8-21)36-30(40)25-18-33-13-14-34-25/h3-10,13-16,18,27H,11-12,17H2,1-2H3,(H,35,39)(H,36,40)(H,37,41). The van der Waals surface area contributed by atoms with Crippen LogP contribution in [0.3, 0.4) is 0 Å². The number of aryl methyl sites for hydroxylation is 2. The Morgan fingerprint density at radius 2 is 1.77 bits per heavy atom. The molecule has 0 aliphatic carbocycles. The molecule has 3 amide bonds. The number of nitrogens with one attached hydrogen (secondary N) is 3. The molecule has 1 aliphatic heterocycles. The lowest BCUT2D eigenvalue weighted by Gasteiger charge is -2.37. The number of benzene rings is 3. The zero-order chi connectivity index (χ0) is 31.4. The molecule has 44 heavy (non-hydrogen) atoms. The van der Waals surface area contributed by atoms with Crippen LogP contribution in [0.15, 0.2) is 84.1 Å². The minimum absolute atomic E-state index is 0.00523. The van der Waals surface area contributed by atoms with Gasteiger partial charge in [0.05, 0.1) is 28.9 Å². The molecule has 2 heterocycles. The van der Waals surface area contributed by atoms with Crippen LogP contribution < -0.4 is 20.3 Å². The minimum atomic E-state index is -4.27. The van der Waals surface area contributed by atoms with Gasteiger partial charge >= 0.3 is 0 Å². The molecule has 1 aromatic heterocycles. The topological polar surface area (TPSA) is 150 Å². The van der Waals surface area contributed by atoms with Crippen molar-refractivity contribution >= 4 is 56.4 Å². The highest BCUT2D eigenvalue weighted by Gasteiger charge is 2.42. The Balaban J connectivity index is 1.27. The summed E-state index contributed by atoms with van der Waals surface area (Å²) in [4.78, 5) is 46.4. The van der Waals surface area contributed by atoms with Gasteiger partial charge in [0.2, 0.25) is 11.8 Å². The lowest BCUT2D eigenvalue weighted by atomic mass is 10.1. The van der Waals surface area contributed by atoms with Crippen molar-refractivity contribution < 1.29 is 22.8 Å². The van der Waals surface area contributed by atoms with Crippen LogP contribution in [0.4, 0.5) is 17.1 Å². The first-order chi connectivity index (χ1) is 21.0. The van der Waals surface area contributed by atoms with Gasteiger partial charge in [0.15, 0.2) is 0 Å². The van der Waals surface area contributed by atoms with Crippen LogP contribution in [0.5, 0.6) is 0 Å². The predicted octanol–water partition coefficient (Wildman–Crippen LogP) is 4.26. The van der Waals surface area contributed by atoms with E-state index in [1.165, 1.54) is 24.7 Å². The Kier molecular flexibility index (Phi) is 8.93. The van der Waals surface area contributed by atoms with E-state index < -0.39 is 34.3 Å². The van der Waals surface area contributed by atoms with Crippen molar-refractivity contribution in [2.45, 2.75) is 37.6 Å². The van der Waals surface area contributed by atoms with Gasteiger partial charge in [0.1, 0.15) is 11.7 Å². The first kappa shape index (κ1) is 30.6. The third-order valence-electron chi connectivity index (χ3n) is 7.10. The molecular weight excluding hydrogens is 604 g/mol. The SMILES string of the molecule is Cc1cc(S(=O)(=O)N2c3ccccc3NC(=O)C2CC(=O)NCCc2ccc(NC(=O)c3cnccn3)cc2)c(C)cc1Cl. The first-order valence-corrected chi connectivity index (χ1v) is 15.5. The van der Waals surface area contributed by atoms with Crippen LogP contribution in [-0.2, 0) is 26.0 Å². The average molecular weight is 633 g/mol. The van der Waals surface area contributed by atoms with Crippen LogP contribution in [0.25, 0.3) is 0 Å². The molecule has 226 valence electrons. The monoisotopic (exact) mass is 632 g/mol. The van der Waals surface area contributed by atoms with E-state index in [-0.39, 0.29) is 28.7 Å². The van der Waals surface area contributed by atoms with Crippen molar-refractivity contribution in [2.75, 3.05) is 21.5 Å². The highest BCUT2D eigenvalue weighted by Crippen LogP contribution is 2.38. The van der Waals surface area contributed by atoms with E-state index in [4.69, 9.17) is 11.6 Å². The molecule has 0 bridgehead atoms. The summed E-state index contributed by atoms with van der Waals surface area (Å²) in [6.07, 6.45) is 4.36. The number of amides is 3. The molecule has 5 rings (SSSR count). The van der Waals surface area contributed by atoms with Crippen molar-refractivity contribution in [3.05, 3.63) is 107 Å². The maximum Gasteiger partial charge on any atom is 0.275 e. The average Bonchev–Trinajstić information content (AvgIpc) is 3.00. The summed E-state index contributed by atoms with van der Waals surface area (Å²) in [5, 5.41) is 8.69. The van der Waals surface area contributed by atoms with Gasteiger partial charge in [-0.05, 0) is 73.4 Å². The maximum atomic E-state index is 14.1. The number of halogens is 1. The number of carbonyl (C=O) groups is 3. The molecule has 1 aliphatic rings. The number of hydrogen-bond donors (Lipinski definition) is 3. The summed E-state index contributed by atoms with van der Waals surface area (Å²) in [5.74, 6) is -1.48. The summed E-state index contributed by atoms with van der Waals surface area (Å²) in [7, 11) is -4.27. The Bertz CT molecular complexity index is 1830. The van der Waals surface area contributed by atoms with Crippen LogP contribution in [0.2, 0.25) is 5.02 Å². The summed E-state index contributed by atoms with van der Waals surface area (Å²) in [6.45, 7) is 3.58. The first-order valence-electron chi connectivity index (χ1n) is 13.7. The van der Waals surface area contributed by atoms with E-state index in [0.717, 1.165) is 9.87 Å². The van der Waals surface area contributed by atoms with E-state index in [2.05, 4.69) is 25.9 Å². The Morgan fingerprint density at radius 3 is 2.50 bits per heavy atom. The number of aromatic nitrogens is 2. The molecule has 11 nitrogen and oxygen atoms in total. The molecule has 0 fully saturated rings. The lowest BCUT2D eigenvalue weighted by Crippen LogP contribution is -2.53. The summed E-state index contributed by atoms with van der Waals surface area (Å²) < 4.78 is 29.2. The Labute approximate surface area is 259 Å². The zero-order valence-corrected chi connectivity index (χ0v) is 25.4. The van der Waals surface area contributed by atoms with Crippen LogP contribution in [-0.4, -0.2) is 48.7 Å². The fraction of sp³-hybridized carbons (Fsp3) is 0.194. The van der Waals surface area contributed by atoms with Crippen molar-refractivity contribution in [1.82, 2.24) is 15.3 Å². The number of anilines is 3. The number of fused-ring (bicyclic) bond motifs is 1. The molecular formula is C31H29ClN6O5S. The number of sulfonamides is 1. The lowest BCUT2D eigenvalue weighted by molar-refractivity contribution is -0.125. The Hall–Kier alpha value is -4.81. The minimum Gasteiger partial charge on any atom is -0.356 e. The third-order valence-corrected chi connectivity index (χ3v) is 9.47. The van der Waals surface area contributed by atoms with Gasteiger partial charge in [-0.25, -0.2) is 13.4 Å². The van der Waals surface area contributed by atoms with E-state index >= 15 is 0 Å². The molecule has 0 saturated carbocycles. The van der Waals surface area contributed by atoms with Crippen molar-refractivity contribution in [3.63, 3.8) is 0 Å². The van der Waals surface area contributed by atoms with E-state index in [9.17, 15) is 22.8 Å². The second-order valence-electron chi connectivity index (χ2n) is 10.2. The number of para-hydroxylation sites is 2. The fourth-order valence-corrected chi connectivity index (χ4v) is 6.98. The van der Waals surface area contributed by atoms with E-state index in [1.54, 1.807) is 56.3 Å². The summed E-state index contributed by atoms with van der Waals surface area (Å²) in [6, 6.07) is 15.4. The second kappa shape index (κ2) is 12.8. The smallest absolute Gasteiger partial charge is 0.275 e. The van der Waals surface area contributed by atoms with Crippen LogP contribution in [0, 0.1) is 13.8 Å². The number of hydrogen-bond acceptors (Lipinski definition) is 7. The van der Waals surface area contributed by atoms with Gasteiger partial charge in [-0.2, -0.15) is 0 Å². The summed E-state index contributed by atoms with van der Waals surface area (Å²) in [5.41, 5.74) is 3.25. The molecule has 0 spiro atoms. The molecule has 3 N–H and O–H groups in total. The molecule has 0 radical (unpaired) electrons. The molecule has 13 heteroatoms. The fourth-order valence-electron chi connectivity index (χ4n) is 4.83. The molecule has 1 atom stereocenters. The molecule has 1 unspecified atom stereocenters. The van der Waals surface area contributed by atoms with E-state index in [1.807, 2.05) is 12.1 Å². The third kappa shape index (κ3) is 6.56. The predicted molar refractivity (Wildman–Crippen MR) is 167 cm³/mol. The quantitative estimate of drug-likeness (QED) is 0.249. The van der Waals surface area contributed by atoms with Gasteiger partial charge < -0.3 is 16.0 Å². The van der Waals surface area contributed by atoms with Gasteiger partial charge in [0, 0.05) is 29.6 Å². The maximum absolute atomic E-state index is 14.1. The van der Waals surface area contributed by atoms with Gasteiger partial charge in [-0.1, -0.05) is 35.9 Å². The van der Waals surface area contributed by atoms with Crippen LogP contribution >= 0.6 is 11.6 Å². The van der Waals surface area contributed by atoms with Crippen molar-refractivity contribution in [1.29, 1.82) is 0 Å². The van der Waals surface area contributed by atoms with Crippen molar-refractivity contribution in [3.8, 4) is 0 Å². The van der Waals surface area contributed by atoms with Crippen LogP contribution in [0.1, 0.15) is 33.6 Å². The second-order valence-corrected chi connectivity index (χ2v) is 12.4. The van der Waals surface area contributed by atoms with Gasteiger partial charge in [0.25, 0.3) is 15.9 Å².